The van der Waals surface area contributed by atoms with E-state index >= 15 is 0 Å². The topological polar surface area (TPSA) is 53.4 Å². The van der Waals surface area contributed by atoms with E-state index in [0.29, 0.717) is 11.4 Å². The fourth-order valence-electron chi connectivity index (χ4n) is 2.51. The van der Waals surface area contributed by atoms with E-state index in [0.717, 1.165) is 11.3 Å². The molecule has 0 saturated carbocycles. The van der Waals surface area contributed by atoms with Gasteiger partial charge in [0.15, 0.2) is 0 Å². The highest BCUT2D eigenvalue weighted by atomic mass is 35.5. The Morgan fingerprint density at radius 1 is 1.12 bits per heavy atom. The standard InChI is InChI=1S/C19H17ClN2O3/c1-13-17(18(20)22(21-13)15-9-4-3-5-10-15)19(23)25-12-14-8-6-7-11-16(14)24-2/h3-11H,12H2,1-2H3. The van der Waals surface area contributed by atoms with Crippen LogP contribution in [-0.2, 0) is 11.3 Å². The maximum Gasteiger partial charge on any atom is 0.343 e. The number of halogens is 1. The van der Waals surface area contributed by atoms with Crippen molar-refractivity contribution in [2.45, 2.75) is 13.5 Å². The van der Waals surface area contributed by atoms with Gasteiger partial charge in [0.25, 0.3) is 0 Å². The van der Waals surface area contributed by atoms with Crippen molar-refractivity contribution in [1.82, 2.24) is 9.78 Å². The maximum atomic E-state index is 12.5. The van der Waals surface area contributed by atoms with E-state index in [1.54, 1.807) is 14.0 Å². The van der Waals surface area contributed by atoms with Gasteiger partial charge in [0.05, 0.1) is 18.5 Å². The summed E-state index contributed by atoms with van der Waals surface area (Å²) in [5.41, 5.74) is 2.33. The van der Waals surface area contributed by atoms with Gasteiger partial charge in [0.1, 0.15) is 23.1 Å². The molecule has 25 heavy (non-hydrogen) atoms. The summed E-state index contributed by atoms with van der Waals surface area (Å²) in [4.78, 5) is 12.5. The average Bonchev–Trinajstić information content (AvgIpc) is 2.95. The van der Waals surface area contributed by atoms with E-state index in [1.807, 2.05) is 54.6 Å². The summed E-state index contributed by atoms with van der Waals surface area (Å²) in [6, 6.07) is 16.8. The second-order valence-corrected chi connectivity index (χ2v) is 5.74. The van der Waals surface area contributed by atoms with E-state index < -0.39 is 5.97 Å². The number of para-hydroxylation sites is 2. The van der Waals surface area contributed by atoms with E-state index in [2.05, 4.69) is 5.10 Å². The number of esters is 1. The van der Waals surface area contributed by atoms with Gasteiger partial charge in [0.2, 0.25) is 0 Å². The van der Waals surface area contributed by atoms with Gasteiger partial charge in [-0.3, -0.25) is 0 Å². The van der Waals surface area contributed by atoms with Gasteiger partial charge in [0, 0.05) is 5.56 Å². The molecule has 0 amide bonds. The molecule has 0 bridgehead atoms. The lowest BCUT2D eigenvalue weighted by Crippen LogP contribution is -2.07. The van der Waals surface area contributed by atoms with Crippen LogP contribution < -0.4 is 4.74 Å². The molecular formula is C19H17ClN2O3. The molecule has 1 heterocycles. The number of carbonyl (C=O) groups excluding carboxylic acids is 1. The quantitative estimate of drug-likeness (QED) is 0.643. The van der Waals surface area contributed by atoms with Crippen LogP contribution in [-0.4, -0.2) is 22.9 Å². The van der Waals surface area contributed by atoms with Crippen LogP contribution in [0.4, 0.5) is 0 Å². The number of aryl methyl sites for hydroxylation is 1. The monoisotopic (exact) mass is 356 g/mol. The molecule has 3 aromatic rings. The minimum atomic E-state index is -0.518. The van der Waals surface area contributed by atoms with Crippen LogP contribution >= 0.6 is 11.6 Å². The first-order valence-electron chi connectivity index (χ1n) is 7.71. The number of benzene rings is 2. The van der Waals surface area contributed by atoms with Gasteiger partial charge in [-0.05, 0) is 25.1 Å². The number of aromatic nitrogens is 2. The third-order valence-corrected chi connectivity index (χ3v) is 4.11. The zero-order chi connectivity index (χ0) is 17.8. The highest BCUT2D eigenvalue weighted by Crippen LogP contribution is 2.25. The molecular weight excluding hydrogens is 340 g/mol. The Labute approximate surface area is 150 Å². The number of methoxy groups -OCH3 is 1. The van der Waals surface area contributed by atoms with Crippen LogP contribution in [0.25, 0.3) is 5.69 Å². The van der Waals surface area contributed by atoms with Crippen LogP contribution in [0.2, 0.25) is 5.15 Å². The summed E-state index contributed by atoms with van der Waals surface area (Å²) >= 11 is 6.37. The van der Waals surface area contributed by atoms with Crippen LogP contribution in [0.1, 0.15) is 21.6 Å². The largest absolute Gasteiger partial charge is 0.496 e. The van der Waals surface area contributed by atoms with E-state index in [4.69, 9.17) is 21.1 Å². The van der Waals surface area contributed by atoms with Crippen molar-refractivity contribution in [3.63, 3.8) is 0 Å². The minimum absolute atomic E-state index is 0.0924. The molecule has 0 radical (unpaired) electrons. The zero-order valence-electron chi connectivity index (χ0n) is 13.9. The maximum absolute atomic E-state index is 12.5. The molecule has 3 rings (SSSR count). The molecule has 0 atom stereocenters. The van der Waals surface area contributed by atoms with Crippen molar-refractivity contribution in [3.8, 4) is 11.4 Å². The molecule has 1 aromatic heterocycles. The third-order valence-electron chi connectivity index (χ3n) is 3.76. The summed E-state index contributed by atoms with van der Waals surface area (Å²) in [5, 5.41) is 4.58. The highest BCUT2D eigenvalue weighted by Gasteiger charge is 2.22. The Bertz CT molecular complexity index is 891. The summed E-state index contributed by atoms with van der Waals surface area (Å²) in [6.45, 7) is 1.82. The van der Waals surface area contributed by atoms with Crippen molar-refractivity contribution >= 4 is 17.6 Å². The molecule has 0 fully saturated rings. The van der Waals surface area contributed by atoms with Crippen molar-refractivity contribution in [2.75, 3.05) is 7.11 Å². The molecule has 6 heteroatoms. The highest BCUT2D eigenvalue weighted by molar-refractivity contribution is 6.33. The number of nitrogens with zero attached hydrogens (tertiary/aromatic N) is 2. The lowest BCUT2D eigenvalue weighted by atomic mass is 10.2. The summed E-state index contributed by atoms with van der Waals surface area (Å²) < 4.78 is 12.2. The van der Waals surface area contributed by atoms with Gasteiger partial charge >= 0.3 is 5.97 Å². The van der Waals surface area contributed by atoms with Gasteiger partial charge in [-0.25, -0.2) is 9.48 Å². The SMILES string of the molecule is COc1ccccc1COC(=O)c1c(C)nn(-c2ccccc2)c1Cl. The van der Waals surface area contributed by atoms with Gasteiger partial charge in [-0.15, -0.1) is 0 Å². The van der Waals surface area contributed by atoms with Gasteiger partial charge < -0.3 is 9.47 Å². The fourth-order valence-corrected chi connectivity index (χ4v) is 2.86. The number of hydrogen-bond donors (Lipinski definition) is 0. The van der Waals surface area contributed by atoms with Crippen LogP contribution in [0.3, 0.4) is 0 Å². The van der Waals surface area contributed by atoms with Crippen molar-refractivity contribution < 1.29 is 14.3 Å². The smallest absolute Gasteiger partial charge is 0.343 e. The number of hydrogen-bond acceptors (Lipinski definition) is 4. The first kappa shape index (κ1) is 17.0. The second-order valence-electron chi connectivity index (χ2n) is 5.39. The predicted octanol–water partition coefficient (Wildman–Crippen LogP) is 4.20. The molecule has 0 spiro atoms. The van der Waals surface area contributed by atoms with E-state index in [-0.39, 0.29) is 17.3 Å². The van der Waals surface area contributed by atoms with Gasteiger partial charge in [-0.1, -0.05) is 48.0 Å². The van der Waals surface area contributed by atoms with Gasteiger partial charge in [-0.2, -0.15) is 5.10 Å². The zero-order valence-corrected chi connectivity index (χ0v) is 14.7. The number of carbonyl (C=O) groups is 1. The third kappa shape index (κ3) is 3.51. The fraction of sp³-hybridized carbons (Fsp3) is 0.158. The van der Waals surface area contributed by atoms with Crippen LogP contribution in [0.5, 0.6) is 5.75 Å². The minimum Gasteiger partial charge on any atom is -0.496 e. The Kier molecular flexibility index (Phi) is 5.05. The summed E-state index contributed by atoms with van der Waals surface area (Å²) in [7, 11) is 1.57. The summed E-state index contributed by atoms with van der Waals surface area (Å²) in [6.07, 6.45) is 0. The van der Waals surface area contributed by atoms with E-state index in [1.165, 1.54) is 4.68 Å². The Balaban J connectivity index is 1.82. The molecule has 0 aliphatic carbocycles. The molecule has 5 nitrogen and oxygen atoms in total. The average molecular weight is 357 g/mol. The molecule has 0 saturated heterocycles. The Morgan fingerprint density at radius 3 is 2.52 bits per heavy atom. The molecule has 0 aliphatic heterocycles. The molecule has 2 aromatic carbocycles. The van der Waals surface area contributed by atoms with E-state index in [9.17, 15) is 4.79 Å². The molecule has 0 unspecified atom stereocenters. The first-order valence-corrected chi connectivity index (χ1v) is 8.09. The van der Waals surface area contributed by atoms with Crippen molar-refractivity contribution in [1.29, 1.82) is 0 Å². The molecule has 128 valence electrons. The second kappa shape index (κ2) is 7.40. The lowest BCUT2D eigenvalue weighted by Gasteiger charge is -2.09. The number of ether oxygens (including phenoxy) is 2. The first-order chi connectivity index (χ1) is 12.1. The lowest BCUT2D eigenvalue weighted by molar-refractivity contribution is 0.0469. The summed E-state index contributed by atoms with van der Waals surface area (Å²) in [5.74, 6) is 0.147. The van der Waals surface area contributed by atoms with Crippen molar-refractivity contribution in [3.05, 3.63) is 76.6 Å². The molecule has 0 aliphatic rings. The predicted molar refractivity (Wildman–Crippen MR) is 95.4 cm³/mol. The normalized spacial score (nSPS) is 10.5. The molecule has 0 N–H and O–H groups in total. The van der Waals surface area contributed by atoms with Crippen LogP contribution in [0.15, 0.2) is 54.6 Å². The Morgan fingerprint density at radius 2 is 1.80 bits per heavy atom. The number of rotatable bonds is 5. The Hall–Kier alpha value is -2.79. The van der Waals surface area contributed by atoms with Crippen molar-refractivity contribution in [2.24, 2.45) is 0 Å². The van der Waals surface area contributed by atoms with Crippen LogP contribution in [0, 0.1) is 6.92 Å².